The minimum Gasteiger partial charge on any atom is -0.340 e. The summed E-state index contributed by atoms with van der Waals surface area (Å²) in [5, 5.41) is 2.63. The van der Waals surface area contributed by atoms with Gasteiger partial charge in [0, 0.05) is 45.5 Å². The van der Waals surface area contributed by atoms with E-state index in [0.29, 0.717) is 26.1 Å². The Morgan fingerprint density at radius 2 is 2.00 bits per heavy atom. The van der Waals surface area contributed by atoms with Crippen LogP contribution in [0.25, 0.3) is 0 Å². The van der Waals surface area contributed by atoms with Crippen molar-refractivity contribution in [2.24, 2.45) is 0 Å². The van der Waals surface area contributed by atoms with Gasteiger partial charge in [0.15, 0.2) is 0 Å². The number of nitrogens with zero attached hydrogens (tertiary/aromatic N) is 4. The van der Waals surface area contributed by atoms with Gasteiger partial charge in [-0.15, -0.1) is 0 Å². The fourth-order valence-electron chi connectivity index (χ4n) is 3.51. The standard InChI is InChI=1S/C19H27N5O3/c1-3-7-24-18(26)15(21-19(24)27)12-17(25)23-10-8-22(9-11-23)13-16-14(2)5-4-6-20-16/h4-6,15H,3,7-13H2,1-2H3,(H,21,27)/t15-/m1/s1. The lowest BCUT2D eigenvalue weighted by atomic mass is 10.1. The number of carbonyl (C=O) groups excluding carboxylic acids is 3. The molecule has 1 N–H and O–H groups in total. The smallest absolute Gasteiger partial charge is 0.324 e. The van der Waals surface area contributed by atoms with E-state index in [1.54, 1.807) is 11.1 Å². The Labute approximate surface area is 159 Å². The monoisotopic (exact) mass is 373 g/mol. The Morgan fingerprint density at radius 3 is 2.67 bits per heavy atom. The molecule has 1 aromatic heterocycles. The van der Waals surface area contributed by atoms with Crippen LogP contribution in [0.4, 0.5) is 4.79 Å². The molecular weight excluding hydrogens is 346 g/mol. The van der Waals surface area contributed by atoms with Gasteiger partial charge >= 0.3 is 6.03 Å². The number of carbonyl (C=O) groups is 3. The Balaban J connectivity index is 1.48. The van der Waals surface area contributed by atoms with Crippen LogP contribution in [0.1, 0.15) is 31.0 Å². The second-order valence-corrected chi connectivity index (χ2v) is 7.12. The van der Waals surface area contributed by atoms with E-state index in [1.807, 2.05) is 13.0 Å². The number of hydrogen-bond acceptors (Lipinski definition) is 5. The molecule has 1 atom stereocenters. The summed E-state index contributed by atoms with van der Waals surface area (Å²) in [4.78, 5) is 46.4. The van der Waals surface area contributed by atoms with Gasteiger partial charge in [0.25, 0.3) is 5.91 Å². The predicted octanol–water partition coefficient (Wildman–Crippen LogP) is 0.755. The third-order valence-corrected chi connectivity index (χ3v) is 5.15. The van der Waals surface area contributed by atoms with Crippen molar-refractivity contribution in [1.29, 1.82) is 0 Å². The molecule has 8 heteroatoms. The van der Waals surface area contributed by atoms with Crippen molar-refractivity contribution in [3.8, 4) is 0 Å². The fourth-order valence-corrected chi connectivity index (χ4v) is 3.51. The lowest BCUT2D eigenvalue weighted by Gasteiger charge is -2.35. The predicted molar refractivity (Wildman–Crippen MR) is 99.8 cm³/mol. The SMILES string of the molecule is CCCN1C(=O)N[C@H](CC(=O)N2CCN(Cc3ncccc3C)CC2)C1=O. The van der Waals surface area contributed by atoms with Crippen LogP contribution >= 0.6 is 0 Å². The lowest BCUT2D eigenvalue weighted by Crippen LogP contribution is -2.49. The molecule has 0 radical (unpaired) electrons. The Bertz CT molecular complexity index is 715. The van der Waals surface area contributed by atoms with Crippen LogP contribution < -0.4 is 5.32 Å². The van der Waals surface area contributed by atoms with Crippen molar-refractivity contribution in [3.05, 3.63) is 29.6 Å². The number of imide groups is 1. The topological polar surface area (TPSA) is 85.8 Å². The van der Waals surface area contributed by atoms with Gasteiger partial charge in [-0.25, -0.2) is 4.79 Å². The summed E-state index contributed by atoms with van der Waals surface area (Å²) >= 11 is 0. The first kappa shape index (κ1) is 19.3. The van der Waals surface area contributed by atoms with E-state index in [9.17, 15) is 14.4 Å². The van der Waals surface area contributed by atoms with Crippen molar-refractivity contribution in [2.75, 3.05) is 32.7 Å². The average Bonchev–Trinajstić information content (AvgIpc) is 2.92. The summed E-state index contributed by atoms with van der Waals surface area (Å²) in [5.74, 6) is -0.375. The maximum Gasteiger partial charge on any atom is 0.324 e. The second-order valence-electron chi connectivity index (χ2n) is 7.12. The quantitative estimate of drug-likeness (QED) is 0.744. The van der Waals surface area contributed by atoms with Gasteiger partial charge in [0.1, 0.15) is 6.04 Å². The van der Waals surface area contributed by atoms with Crippen LogP contribution in [0.15, 0.2) is 18.3 Å². The van der Waals surface area contributed by atoms with Gasteiger partial charge < -0.3 is 10.2 Å². The summed E-state index contributed by atoms with van der Waals surface area (Å²) in [7, 11) is 0. The van der Waals surface area contributed by atoms with Crippen LogP contribution in [-0.4, -0.2) is 76.3 Å². The van der Waals surface area contributed by atoms with E-state index in [1.165, 1.54) is 10.5 Å². The number of pyridine rings is 1. The molecule has 2 saturated heterocycles. The summed E-state index contributed by atoms with van der Waals surface area (Å²) in [6, 6.07) is 2.86. The third kappa shape index (κ3) is 4.44. The highest BCUT2D eigenvalue weighted by Gasteiger charge is 2.39. The maximum atomic E-state index is 12.6. The van der Waals surface area contributed by atoms with Crippen LogP contribution in [0, 0.1) is 6.92 Å². The molecule has 2 aliphatic heterocycles. The third-order valence-electron chi connectivity index (χ3n) is 5.15. The number of aromatic nitrogens is 1. The Morgan fingerprint density at radius 1 is 1.26 bits per heavy atom. The average molecular weight is 373 g/mol. The van der Waals surface area contributed by atoms with Crippen LogP contribution in [0.3, 0.4) is 0 Å². The summed E-state index contributed by atoms with van der Waals surface area (Å²) in [6.45, 7) is 7.92. The van der Waals surface area contributed by atoms with E-state index in [4.69, 9.17) is 0 Å². The van der Waals surface area contributed by atoms with E-state index < -0.39 is 12.1 Å². The molecule has 1 aromatic rings. The van der Waals surface area contributed by atoms with Gasteiger partial charge in [-0.05, 0) is 25.0 Å². The zero-order chi connectivity index (χ0) is 19.4. The molecule has 4 amide bonds. The fraction of sp³-hybridized carbons (Fsp3) is 0.579. The normalized spacial score (nSPS) is 20.9. The van der Waals surface area contributed by atoms with Gasteiger partial charge in [-0.3, -0.25) is 24.4 Å². The van der Waals surface area contributed by atoms with E-state index >= 15 is 0 Å². The van der Waals surface area contributed by atoms with Gasteiger partial charge in [0.05, 0.1) is 12.1 Å². The zero-order valence-corrected chi connectivity index (χ0v) is 16.0. The Hall–Kier alpha value is -2.48. The largest absolute Gasteiger partial charge is 0.340 e. The van der Waals surface area contributed by atoms with Gasteiger partial charge in [0.2, 0.25) is 5.91 Å². The summed E-state index contributed by atoms with van der Waals surface area (Å²) in [5.41, 5.74) is 2.23. The van der Waals surface area contributed by atoms with Crippen molar-refractivity contribution in [1.82, 2.24) is 25.0 Å². The highest BCUT2D eigenvalue weighted by atomic mass is 16.2. The van der Waals surface area contributed by atoms with Gasteiger partial charge in [-0.2, -0.15) is 0 Å². The zero-order valence-electron chi connectivity index (χ0n) is 16.0. The molecule has 3 heterocycles. The Kier molecular flexibility index (Phi) is 6.05. The van der Waals surface area contributed by atoms with Crippen LogP contribution in [-0.2, 0) is 16.1 Å². The minimum atomic E-state index is -0.731. The van der Waals surface area contributed by atoms with Crippen molar-refractivity contribution in [2.45, 2.75) is 39.3 Å². The lowest BCUT2D eigenvalue weighted by molar-refractivity contribution is -0.137. The van der Waals surface area contributed by atoms with Gasteiger partial charge in [-0.1, -0.05) is 13.0 Å². The molecule has 2 fully saturated rings. The molecule has 0 saturated carbocycles. The first-order chi connectivity index (χ1) is 13.0. The molecule has 0 spiro atoms. The van der Waals surface area contributed by atoms with E-state index in [-0.39, 0.29) is 18.2 Å². The first-order valence-corrected chi connectivity index (χ1v) is 9.52. The van der Waals surface area contributed by atoms with Crippen LogP contribution in [0.5, 0.6) is 0 Å². The molecule has 0 aromatic carbocycles. The maximum absolute atomic E-state index is 12.6. The minimum absolute atomic E-state index is 0.0319. The number of piperazine rings is 1. The number of nitrogens with one attached hydrogen (secondary N) is 1. The molecule has 3 rings (SSSR count). The molecule has 0 aliphatic carbocycles. The number of amides is 4. The highest BCUT2D eigenvalue weighted by Crippen LogP contribution is 2.14. The van der Waals surface area contributed by atoms with Crippen LogP contribution in [0.2, 0.25) is 0 Å². The molecule has 0 unspecified atom stereocenters. The number of urea groups is 1. The second kappa shape index (κ2) is 8.47. The van der Waals surface area contributed by atoms with Crippen molar-refractivity contribution < 1.29 is 14.4 Å². The summed E-state index contributed by atoms with van der Waals surface area (Å²) < 4.78 is 0. The molecule has 0 bridgehead atoms. The van der Waals surface area contributed by atoms with E-state index in [2.05, 4.69) is 28.2 Å². The molecule has 2 aliphatic rings. The first-order valence-electron chi connectivity index (χ1n) is 9.52. The molecule has 27 heavy (non-hydrogen) atoms. The summed E-state index contributed by atoms with van der Waals surface area (Å²) in [6.07, 6.45) is 2.54. The van der Waals surface area contributed by atoms with E-state index in [0.717, 1.165) is 25.3 Å². The molecular formula is C19H27N5O3. The molecule has 146 valence electrons. The van der Waals surface area contributed by atoms with Crippen molar-refractivity contribution >= 4 is 17.8 Å². The van der Waals surface area contributed by atoms with Crippen molar-refractivity contribution in [3.63, 3.8) is 0 Å². The highest BCUT2D eigenvalue weighted by molar-refractivity contribution is 6.05. The number of hydrogen-bond donors (Lipinski definition) is 1. The number of aryl methyl sites for hydroxylation is 1. The molecule has 8 nitrogen and oxygen atoms in total. The number of rotatable bonds is 6.